The fourth-order valence-electron chi connectivity index (χ4n) is 1.98. The Hall–Kier alpha value is -1.94. The van der Waals surface area contributed by atoms with Crippen molar-refractivity contribution in [3.8, 4) is 0 Å². The minimum absolute atomic E-state index is 0.591. The van der Waals surface area contributed by atoms with E-state index in [1.54, 1.807) is 6.20 Å². The van der Waals surface area contributed by atoms with Crippen molar-refractivity contribution >= 4 is 23.0 Å². The molecule has 2 aromatic rings. The highest BCUT2D eigenvalue weighted by Gasteiger charge is 2.03. The second-order valence-electron chi connectivity index (χ2n) is 5.06. The third-order valence-electron chi connectivity index (χ3n) is 3.51. The van der Waals surface area contributed by atoms with Crippen molar-refractivity contribution in [2.45, 2.75) is 32.7 Å². The van der Waals surface area contributed by atoms with Gasteiger partial charge in [-0.1, -0.05) is 32.0 Å². The largest absolute Gasteiger partial charge is 0.357 e. The van der Waals surface area contributed by atoms with Crippen molar-refractivity contribution in [2.24, 2.45) is 0 Å². The molecular weight excluding hydrogens is 278 g/mol. The van der Waals surface area contributed by atoms with E-state index >= 15 is 0 Å². The number of nitrogens with one attached hydrogen (secondary N) is 2. The fourth-order valence-corrected chi connectivity index (χ4v) is 2.17. The van der Waals surface area contributed by atoms with Crippen LogP contribution in [0.25, 0.3) is 0 Å². The third-order valence-corrected chi connectivity index (χ3v) is 3.75. The van der Waals surface area contributed by atoms with Crippen LogP contribution in [0.4, 0.5) is 5.69 Å². The highest BCUT2D eigenvalue weighted by atomic mass is 32.1. The Morgan fingerprint density at radius 3 is 2.57 bits per heavy atom. The van der Waals surface area contributed by atoms with Crippen LogP contribution in [-0.2, 0) is 6.54 Å². The highest BCUT2D eigenvalue weighted by molar-refractivity contribution is 7.80. The van der Waals surface area contributed by atoms with Crippen LogP contribution in [0, 0.1) is 0 Å². The molecule has 0 spiro atoms. The van der Waals surface area contributed by atoms with E-state index < -0.39 is 0 Å². The smallest absolute Gasteiger partial charge is 0.171 e. The summed E-state index contributed by atoms with van der Waals surface area (Å²) >= 11 is 5.29. The number of hydrogen-bond donors (Lipinski definition) is 2. The van der Waals surface area contributed by atoms with E-state index in [0.29, 0.717) is 17.6 Å². The predicted octanol–water partition coefficient (Wildman–Crippen LogP) is 4.08. The second-order valence-corrected chi connectivity index (χ2v) is 5.47. The van der Waals surface area contributed by atoms with Crippen LogP contribution >= 0.6 is 12.2 Å². The van der Waals surface area contributed by atoms with Crippen molar-refractivity contribution in [2.75, 3.05) is 5.32 Å². The highest BCUT2D eigenvalue weighted by Crippen LogP contribution is 2.20. The molecule has 1 aromatic carbocycles. The summed E-state index contributed by atoms with van der Waals surface area (Å²) in [4.78, 5) is 4.25. The molecule has 2 rings (SSSR count). The average Bonchev–Trinajstić information content (AvgIpc) is 2.54. The molecule has 0 bridgehead atoms. The molecule has 1 heterocycles. The SMILES string of the molecule is CC[C@@H](C)c1ccc(NC(=S)NCc2ccccn2)cc1. The molecule has 4 heteroatoms. The lowest BCUT2D eigenvalue weighted by Crippen LogP contribution is -2.28. The Kier molecular flexibility index (Phi) is 5.69. The fraction of sp³-hybridized carbons (Fsp3) is 0.294. The summed E-state index contributed by atoms with van der Waals surface area (Å²) in [6.07, 6.45) is 2.93. The first-order valence-corrected chi connectivity index (χ1v) is 7.64. The molecule has 21 heavy (non-hydrogen) atoms. The first-order chi connectivity index (χ1) is 10.2. The van der Waals surface area contributed by atoms with Gasteiger partial charge in [0.25, 0.3) is 0 Å². The Morgan fingerprint density at radius 1 is 1.19 bits per heavy atom. The van der Waals surface area contributed by atoms with Gasteiger partial charge in [0.15, 0.2) is 5.11 Å². The first kappa shape index (κ1) is 15.4. The van der Waals surface area contributed by atoms with Crippen molar-refractivity contribution in [3.63, 3.8) is 0 Å². The first-order valence-electron chi connectivity index (χ1n) is 7.23. The maximum atomic E-state index is 5.29. The van der Waals surface area contributed by atoms with E-state index in [9.17, 15) is 0 Å². The molecule has 1 atom stereocenters. The van der Waals surface area contributed by atoms with E-state index in [1.165, 1.54) is 5.56 Å². The topological polar surface area (TPSA) is 37.0 Å². The van der Waals surface area contributed by atoms with Crippen molar-refractivity contribution in [3.05, 3.63) is 59.9 Å². The number of anilines is 1. The van der Waals surface area contributed by atoms with Crippen LogP contribution in [0.2, 0.25) is 0 Å². The summed E-state index contributed by atoms with van der Waals surface area (Å²) in [6.45, 7) is 5.06. The van der Waals surface area contributed by atoms with Gasteiger partial charge in [0.2, 0.25) is 0 Å². The second kappa shape index (κ2) is 7.74. The molecule has 0 radical (unpaired) electrons. The van der Waals surface area contributed by atoms with Crippen molar-refractivity contribution < 1.29 is 0 Å². The average molecular weight is 299 g/mol. The number of rotatable bonds is 5. The number of nitrogens with zero attached hydrogens (tertiary/aromatic N) is 1. The van der Waals surface area contributed by atoms with Crippen LogP contribution < -0.4 is 10.6 Å². The van der Waals surface area contributed by atoms with Crippen molar-refractivity contribution in [1.82, 2.24) is 10.3 Å². The number of pyridine rings is 1. The third kappa shape index (κ3) is 4.83. The van der Waals surface area contributed by atoms with Gasteiger partial charge in [0.1, 0.15) is 0 Å². The lowest BCUT2D eigenvalue weighted by Gasteiger charge is -2.12. The molecule has 0 saturated heterocycles. The monoisotopic (exact) mass is 299 g/mol. The van der Waals surface area contributed by atoms with Gasteiger partial charge < -0.3 is 10.6 Å². The van der Waals surface area contributed by atoms with Gasteiger partial charge >= 0.3 is 0 Å². The normalized spacial score (nSPS) is 11.7. The zero-order valence-corrected chi connectivity index (χ0v) is 13.3. The summed E-state index contributed by atoms with van der Waals surface area (Å²) in [5.74, 6) is 0.591. The Labute approximate surface area is 131 Å². The van der Waals surface area contributed by atoms with Crippen LogP contribution in [0.1, 0.15) is 37.4 Å². The molecule has 2 N–H and O–H groups in total. The summed E-state index contributed by atoms with van der Waals surface area (Å²) in [5, 5.41) is 6.95. The molecule has 0 unspecified atom stereocenters. The van der Waals surface area contributed by atoms with E-state index in [-0.39, 0.29) is 0 Å². The summed E-state index contributed by atoms with van der Waals surface area (Å²) in [5.41, 5.74) is 3.32. The molecular formula is C17H21N3S. The molecule has 0 fully saturated rings. The van der Waals surface area contributed by atoms with E-state index in [0.717, 1.165) is 17.8 Å². The van der Waals surface area contributed by atoms with Gasteiger partial charge in [-0.25, -0.2) is 0 Å². The lowest BCUT2D eigenvalue weighted by molar-refractivity contribution is 0.734. The lowest BCUT2D eigenvalue weighted by atomic mass is 9.99. The number of hydrogen-bond acceptors (Lipinski definition) is 2. The summed E-state index contributed by atoms with van der Waals surface area (Å²) in [6, 6.07) is 14.3. The van der Waals surface area contributed by atoms with E-state index in [2.05, 4.69) is 53.7 Å². The zero-order chi connectivity index (χ0) is 15.1. The van der Waals surface area contributed by atoms with Gasteiger partial charge in [-0.3, -0.25) is 4.98 Å². The molecule has 110 valence electrons. The van der Waals surface area contributed by atoms with Gasteiger partial charge in [-0.2, -0.15) is 0 Å². The maximum Gasteiger partial charge on any atom is 0.171 e. The van der Waals surface area contributed by atoms with E-state index in [4.69, 9.17) is 12.2 Å². The zero-order valence-electron chi connectivity index (χ0n) is 12.5. The molecule has 0 amide bonds. The Bertz CT molecular complexity index is 566. The minimum Gasteiger partial charge on any atom is -0.357 e. The summed E-state index contributed by atoms with van der Waals surface area (Å²) < 4.78 is 0. The number of benzene rings is 1. The molecule has 1 aromatic heterocycles. The molecule has 3 nitrogen and oxygen atoms in total. The molecule has 0 aliphatic carbocycles. The Balaban J connectivity index is 1.85. The number of aromatic nitrogens is 1. The minimum atomic E-state index is 0.591. The van der Waals surface area contributed by atoms with Crippen molar-refractivity contribution in [1.29, 1.82) is 0 Å². The van der Waals surface area contributed by atoms with Gasteiger partial charge in [0, 0.05) is 11.9 Å². The number of thiocarbonyl (C=S) groups is 1. The molecule has 0 aliphatic rings. The maximum absolute atomic E-state index is 5.29. The van der Waals surface area contributed by atoms with Gasteiger partial charge in [0.05, 0.1) is 12.2 Å². The van der Waals surface area contributed by atoms with Crippen LogP contribution in [0.3, 0.4) is 0 Å². The molecule has 0 aliphatic heterocycles. The summed E-state index contributed by atoms with van der Waals surface area (Å²) in [7, 11) is 0. The predicted molar refractivity (Wildman–Crippen MR) is 92.4 cm³/mol. The van der Waals surface area contributed by atoms with Crippen LogP contribution in [0.15, 0.2) is 48.7 Å². The Morgan fingerprint density at radius 2 is 1.95 bits per heavy atom. The standard InChI is InChI=1S/C17H21N3S/c1-3-13(2)14-7-9-15(10-8-14)20-17(21)19-12-16-6-4-5-11-18-16/h4-11,13H,3,12H2,1-2H3,(H2,19,20,21)/t13-/m1/s1. The van der Waals surface area contributed by atoms with Crippen LogP contribution in [0.5, 0.6) is 0 Å². The van der Waals surface area contributed by atoms with Crippen LogP contribution in [-0.4, -0.2) is 10.1 Å². The quantitative estimate of drug-likeness (QED) is 0.816. The van der Waals surface area contributed by atoms with Gasteiger partial charge in [-0.05, 0) is 54.4 Å². The molecule has 0 saturated carbocycles. The van der Waals surface area contributed by atoms with E-state index in [1.807, 2.05) is 18.2 Å². The van der Waals surface area contributed by atoms with Gasteiger partial charge in [-0.15, -0.1) is 0 Å².